The Kier molecular flexibility index (Phi) is 6.71. The summed E-state index contributed by atoms with van der Waals surface area (Å²) in [6.45, 7) is 8.37. The molecular weight excluding hydrogens is 445 g/mol. The topological polar surface area (TPSA) is 21.1 Å². The van der Waals surface area contributed by atoms with E-state index >= 15 is 0 Å². The first kappa shape index (κ1) is 20.1. The van der Waals surface area contributed by atoms with Crippen molar-refractivity contribution in [2.75, 3.05) is 25.1 Å². The number of aryl methyl sites for hydroxylation is 1. The van der Waals surface area contributed by atoms with Crippen LogP contribution in [0.1, 0.15) is 31.4 Å². The van der Waals surface area contributed by atoms with Gasteiger partial charge in [-0.2, -0.15) is 0 Å². The Balaban J connectivity index is 0.00000102. The molecule has 0 atom stereocenters. The van der Waals surface area contributed by atoms with Crippen LogP contribution in [0.2, 0.25) is 0 Å². The van der Waals surface area contributed by atoms with Crippen molar-refractivity contribution in [3.63, 3.8) is 0 Å². The first-order valence-corrected chi connectivity index (χ1v) is 12.7. The normalized spacial score (nSPS) is 14.8. The molecule has 3 aromatic rings. The zero-order valence-corrected chi connectivity index (χ0v) is 19.1. The number of hydrogen-bond donors (Lipinski definition) is 0. The molecule has 0 N–H and O–H groups in total. The van der Waals surface area contributed by atoms with Gasteiger partial charge in [-0.3, -0.25) is 0 Å². The van der Waals surface area contributed by atoms with Gasteiger partial charge >= 0.3 is 148 Å². The fourth-order valence-electron chi connectivity index (χ4n) is 3.42. The molecule has 0 amide bonds. The van der Waals surface area contributed by atoms with Crippen LogP contribution < -0.4 is 21.5 Å². The fraction of sp³-hybridized carbons (Fsp3) is 0.348. The first-order valence-electron chi connectivity index (χ1n) is 9.62. The van der Waals surface area contributed by atoms with Crippen LogP contribution in [-0.4, -0.2) is 37.7 Å². The fourth-order valence-corrected chi connectivity index (χ4v) is 4.95. The van der Waals surface area contributed by atoms with Crippen LogP contribution in [0, 0.1) is 6.92 Å². The van der Waals surface area contributed by atoms with Gasteiger partial charge in [0.25, 0.3) is 0 Å². The third-order valence-electron chi connectivity index (χ3n) is 4.98. The third kappa shape index (κ3) is 4.27. The van der Waals surface area contributed by atoms with E-state index < -0.39 is 0 Å². The van der Waals surface area contributed by atoms with Crippen molar-refractivity contribution < 1.29 is 21.5 Å². The number of aromatic nitrogens is 2. The van der Waals surface area contributed by atoms with Crippen LogP contribution in [0.5, 0.6) is 0 Å². The van der Waals surface area contributed by atoms with E-state index in [0.29, 0.717) is 0 Å². The van der Waals surface area contributed by atoms with E-state index in [1.165, 1.54) is 33.2 Å². The summed E-state index contributed by atoms with van der Waals surface area (Å²) >= 11 is -0.00840. The average molecular weight is 474 g/mol. The van der Waals surface area contributed by atoms with Gasteiger partial charge in [0.05, 0.1) is 0 Å². The molecule has 144 valence electrons. The Bertz CT molecular complexity index is 938. The SMILES string of the molecule is CC.C[I-]n1cc(C)c2cc(-c3ccc(C4=CCN(C)CC4)cc3)cnc21. The molecule has 27 heavy (non-hydrogen) atoms. The Morgan fingerprint density at radius 3 is 2.37 bits per heavy atom. The number of likely N-dealkylation sites (N-methyl/N-ethyl adjacent to an activating group) is 1. The first-order chi connectivity index (χ1) is 13.2. The molecule has 2 aromatic heterocycles. The van der Waals surface area contributed by atoms with Crippen molar-refractivity contribution in [2.45, 2.75) is 27.2 Å². The Morgan fingerprint density at radius 2 is 1.74 bits per heavy atom. The second-order valence-electron chi connectivity index (χ2n) is 6.71. The molecule has 0 unspecified atom stereocenters. The molecule has 0 saturated carbocycles. The number of nitrogens with zero attached hydrogens (tertiary/aromatic N) is 3. The molecule has 0 fully saturated rings. The molecule has 3 heterocycles. The number of rotatable bonds is 3. The van der Waals surface area contributed by atoms with Crippen LogP contribution in [-0.2, 0) is 0 Å². The van der Waals surface area contributed by atoms with Crippen molar-refractivity contribution in [3.05, 3.63) is 59.9 Å². The predicted octanol–water partition coefficient (Wildman–Crippen LogP) is 2.24. The minimum absolute atomic E-state index is 0.00840. The van der Waals surface area contributed by atoms with Crippen LogP contribution in [0.4, 0.5) is 0 Å². The number of pyridine rings is 1. The Labute approximate surface area is 173 Å². The maximum atomic E-state index is 4.74. The quantitative estimate of drug-likeness (QED) is 0.429. The number of alkyl halides is 1. The number of fused-ring (bicyclic) bond motifs is 1. The summed E-state index contributed by atoms with van der Waals surface area (Å²) in [4.78, 5) is 9.36. The summed E-state index contributed by atoms with van der Waals surface area (Å²) in [6.07, 6.45) is 7.74. The number of benzene rings is 1. The van der Waals surface area contributed by atoms with Gasteiger partial charge in [0, 0.05) is 0 Å². The molecule has 4 heteroatoms. The minimum atomic E-state index is -0.00840. The zero-order valence-electron chi connectivity index (χ0n) is 17.0. The Hall–Kier alpha value is -1.66. The number of hydrogen-bond acceptors (Lipinski definition) is 2. The van der Waals surface area contributed by atoms with Gasteiger partial charge in [-0.15, -0.1) is 0 Å². The van der Waals surface area contributed by atoms with Gasteiger partial charge in [-0.05, 0) is 7.05 Å². The molecule has 0 aliphatic carbocycles. The van der Waals surface area contributed by atoms with Gasteiger partial charge in [0.15, 0.2) is 0 Å². The van der Waals surface area contributed by atoms with Crippen LogP contribution in [0.25, 0.3) is 27.7 Å². The molecule has 1 aliphatic heterocycles. The van der Waals surface area contributed by atoms with Gasteiger partial charge in [0.2, 0.25) is 0 Å². The number of halogens is 1. The second-order valence-corrected chi connectivity index (χ2v) is 8.71. The summed E-state index contributed by atoms with van der Waals surface area (Å²) in [7, 11) is 2.18. The molecule has 4 rings (SSSR count). The van der Waals surface area contributed by atoms with Crippen molar-refractivity contribution in [1.29, 1.82) is 0 Å². The molecule has 0 saturated heterocycles. The summed E-state index contributed by atoms with van der Waals surface area (Å²) in [5.41, 5.74) is 7.71. The molecule has 1 aliphatic rings. The summed E-state index contributed by atoms with van der Waals surface area (Å²) in [6, 6.07) is 11.3. The van der Waals surface area contributed by atoms with E-state index in [1.54, 1.807) is 0 Å². The summed E-state index contributed by atoms with van der Waals surface area (Å²) in [5.74, 6) is 0. The summed E-state index contributed by atoms with van der Waals surface area (Å²) in [5, 5.41) is 1.28. The standard InChI is InChI=1S/C21H23IN3.C2H6/c1-15-14-25(22-2)21-20(15)12-19(13-23-21)17-6-4-16(5-7-17)18-8-10-24(3)11-9-18;1-2/h4-8,12-14H,9-11H2,1-3H3;1-2H3/q-1;. The van der Waals surface area contributed by atoms with E-state index in [-0.39, 0.29) is 21.5 Å². The van der Waals surface area contributed by atoms with Gasteiger partial charge in [0.1, 0.15) is 0 Å². The van der Waals surface area contributed by atoms with Crippen LogP contribution >= 0.6 is 0 Å². The summed E-state index contributed by atoms with van der Waals surface area (Å²) < 4.78 is 2.32. The molecule has 0 bridgehead atoms. The monoisotopic (exact) mass is 474 g/mol. The third-order valence-corrected chi connectivity index (χ3v) is 6.76. The van der Waals surface area contributed by atoms with E-state index in [2.05, 4.69) is 69.2 Å². The van der Waals surface area contributed by atoms with Crippen molar-refractivity contribution in [1.82, 2.24) is 12.7 Å². The molecule has 0 radical (unpaired) electrons. The van der Waals surface area contributed by atoms with Crippen molar-refractivity contribution >= 4 is 16.6 Å². The molecular formula is C23H29IN3-. The second kappa shape index (κ2) is 9.02. The Morgan fingerprint density at radius 1 is 1.04 bits per heavy atom. The molecule has 3 nitrogen and oxygen atoms in total. The van der Waals surface area contributed by atoms with Crippen LogP contribution in [0.3, 0.4) is 0 Å². The van der Waals surface area contributed by atoms with E-state index in [4.69, 9.17) is 4.98 Å². The van der Waals surface area contributed by atoms with Gasteiger partial charge in [-0.1, -0.05) is 13.8 Å². The van der Waals surface area contributed by atoms with Crippen molar-refractivity contribution in [3.8, 4) is 11.1 Å². The molecule has 1 aromatic carbocycles. The predicted molar refractivity (Wildman–Crippen MR) is 113 cm³/mol. The maximum absolute atomic E-state index is 4.74. The van der Waals surface area contributed by atoms with Crippen molar-refractivity contribution in [2.24, 2.45) is 0 Å². The van der Waals surface area contributed by atoms with Gasteiger partial charge in [-0.25, -0.2) is 0 Å². The van der Waals surface area contributed by atoms with E-state index in [9.17, 15) is 0 Å². The zero-order chi connectivity index (χ0) is 19.4. The van der Waals surface area contributed by atoms with Gasteiger partial charge < -0.3 is 4.90 Å². The average Bonchev–Trinajstić information content (AvgIpc) is 3.05. The van der Waals surface area contributed by atoms with E-state index in [1.807, 2.05) is 20.0 Å². The van der Waals surface area contributed by atoms with Crippen LogP contribution in [0.15, 0.2) is 48.8 Å². The van der Waals surface area contributed by atoms with E-state index in [0.717, 1.165) is 25.2 Å². The molecule has 0 spiro atoms.